The first-order chi connectivity index (χ1) is 11.0. The maximum absolute atomic E-state index is 12.6. The summed E-state index contributed by atoms with van der Waals surface area (Å²) in [6, 6.07) is 2.20. The number of aliphatic carboxylic acids is 1. The summed E-state index contributed by atoms with van der Waals surface area (Å²) < 4.78 is 4.95. The van der Waals surface area contributed by atoms with Gasteiger partial charge in [0.05, 0.1) is 18.6 Å². The summed E-state index contributed by atoms with van der Waals surface area (Å²) in [5, 5.41) is 9.07. The zero-order valence-electron chi connectivity index (χ0n) is 12.8. The molecular formula is C15H19N3O5. The number of carbonyl (C=O) groups is 3. The minimum atomic E-state index is -1.12. The van der Waals surface area contributed by atoms with Crippen LogP contribution in [-0.2, 0) is 14.3 Å². The van der Waals surface area contributed by atoms with Gasteiger partial charge < -0.3 is 19.6 Å². The van der Waals surface area contributed by atoms with Gasteiger partial charge in [-0.1, -0.05) is 0 Å². The van der Waals surface area contributed by atoms with Crippen LogP contribution in [0.15, 0.2) is 24.5 Å². The second kappa shape index (κ2) is 7.68. The molecule has 1 atom stereocenters. The van der Waals surface area contributed by atoms with Gasteiger partial charge in [-0.3, -0.25) is 19.4 Å². The molecule has 1 aliphatic rings. The molecule has 1 fully saturated rings. The molecule has 1 aromatic heterocycles. The molecule has 124 valence electrons. The normalized spacial score (nSPS) is 18.1. The van der Waals surface area contributed by atoms with Crippen LogP contribution in [0, 0.1) is 0 Å². The Morgan fingerprint density at radius 3 is 2.83 bits per heavy atom. The first-order valence-corrected chi connectivity index (χ1v) is 7.25. The Hall–Kier alpha value is -2.48. The lowest BCUT2D eigenvalue weighted by atomic mass is 10.1. The van der Waals surface area contributed by atoms with E-state index in [4.69, 9.17) is 9.84 Å². The van der Waals surface area contributed by atoms with Crippen molar-refractivity contribution in [1.82, 2.24) is 14.8 Å². The van der Waals surface area contributed by atoms with Crippen LogP contribution < -0.4 is 0 Å². The average molecular weight is 321 g/mol. The highest BCUT2D eigenvalue weighted by atomic mass is 16.5. The Bertz CT molecular complexity index is 578. The molecule has 1 N–H and O–H groups in total. The van der Waals surface area contributed by atoms with E-state index in [0.717, 1.165) is 0 Å². The Morgan fingerprint density at radius 1 is 1.43 bits per heavy atom. The van der Waals surface area contributed by atoms with Gasteiger partial charge in [0.1, 0.15) is 6.04 Å². The Morgan fingerprint density at radius 2 is 2.22 bits per heavy atom. The minimum Gasteiger partial charge on any atom is -0.481 e. The third-order valence-corrected chi connectivity index (χ3v) is 3.69. The number of hydrogen-bond donors (Lipinski definition) is 1. The summed E-state index contributed by atoms with van der Waals surface area (Å²) in [6.07, 6.45) is 2.52. The number of pyridine rings is 1. The van der Waals surface area contributed by atoms with Gasteiger partial charge in [-0.05, 0) is 12.1 Å². The van der Waals surface area contributed by atoms with Gasteiger partial charge in [0.2, 0.25) is 5.91 Å². The Labute approximate surface area is 133 Å². The molecule has 8 nitrogen and oxygen atoms in total. The summed E-state index contributed by atoms with van der Waals surface area (Å²) >= 11 is 0. The number of carbonyl (C=O) groups excluding carboxylic acids is 2. The van der Waals surface area contributed by atoms with Crippen LogP contribution in [0.4, 0.5) is 0 Å². The van der Waals surface area contributed by atoms with Crippen molar-refractivity contribution in [3.63, 3.8) is 0 Å². The fourth-order valence-electron chi connectivity index (χ4n) is 2.52. The molecule has 0 bridgehead atoms. The van der Waals surface area contributed by atoms with Gasteiger partial charge in [-0.2, -0.15) is 0 Å². The first kappa shape index (κ1) is 16.9. The average Bonchev–Trinajstić information content (AvgIpc) is 2.55. The molecule has 0 spiro atoms. The second-order valence-corrected chi connectivity index (χ2v) is 5.17. The van der Waals surface area contributed by atoms with E-state index in [1.165, 1.54) is 23.1 Å². The van der Waals surface area contributed by atoms with E-state index in [1.54, 1.807) is 18.3 Å². The Balaban J connectivity index is 2.19. The number of carboxylic acid groups (broad SMARTS) is 1. The van der Waals surface area contributed by atoms with Crippen molar-refractivity contribution in [3.05, 3.63) is 30.1 Å². The van der Waals surface area contributed by atoms with Gasteiger partial charge in [0.25, 0.3) is 5.91 Å². The smallest absolute Gasteiger partial charge is 0.305 e. The van der Waals surface area contributed by atoms with Crippen molar-refractivity contribution >= 4 is 17.8 Å². The van der Waals surface area contributed by atoms with E-state index < -0.39 is 18.4 Å². The number of aromatic nitrogens is 1. The van der Waals surface area contributed by atoms with Crippen LogP contribution in [0.3, 0.4) is 0 Å². The number of hydrogen-bond acceptors (Lipinski definition) is 5. The molecule has 23 heavy (non-hydrogen) atoms. The lowest BCUT2D eigenvalue weighted by molar-refractivity contribution is -0.148. The number of carboxylic acids is 1. The predicted octanol–water partition coefficient (Wildman–Crippen LogP) is -0.144. The van der Waals surface area contributed by atoms with E-state index in [9.17, 15) is 14.4 Å². The monoisotopic (exact) mass is 321 g/mol. The third kappa shape index (κ3) is 4.04. The zero-order chi connectivity index (χ0) is 16.8. The number of methoxy groups -OCH3 is 1. The van der Waals surface area contributed by atoms with Crippen LogP contribution in [0.2, 0.25) is 0 Å². The predicted molar refractivity (Wildman–Crippen MR) is 79.8 cm³/mol. The quantitative estimate of drug-likeness (QED) is 0.782. The summed E-state index contributed by atoms with van der Waals surface area (Å²) in [5.41, 5.74) is 0.334. The zero-order valence-corrected chi connectivity index (χ0v) is 12.8. The maximum atomic E-state index is 12.6. The highest BCUT2D eigenvalue weighted by molar-refractivity contribution is 5.99. The fraction of sp³-hybridized carbons (Fsp3) is 0.467. The number of ether oxygens (including phenoxy) is 1. The van der Waals surface area contributed by atoms with Crippen molar-refractivity contribution in [2.24, 2.45) is 0 Å². The molecule has 0 radical (unpaired) electrons. The van der Waals surface area contributed by atoms with Crippen molar-refractivity contribution in [1.29, 1.82) is 0 Å². The number of amides is 2. The van der Waals surface area contributed by atoms with Crippen molar-refractivity contribution < 1.29 is 24.2 Å². The van der Waals surface area contributed by atoms with Gasteiger partial charge in [0, 0.05) is 39.1 Å². The van der Waals surface area contributed by atoms with Crippen LogP contribution in [0.5, 0.6) is 0 Å². The lowest BCUT2D eigenvalue weighted by Gasteiger charge is -2.40. The van der Waals surface area contributed by atoms with Crippen molar-refractivity contribution in [2.45, 2.75) is 12.5 Å². The second-order valence-electron chi connectivity index (χ2n) is 5.17. The topological polar surface area (TPSA) is 100 Å². The van der Waals surface area contributed by atoms with Crippen LogP contribution in [0.25, 0.3) is 0 Å². The van der Waals surface area contributed by atoms with Gasteiger partial charge >= 0.3 is 5.97 Å². The molecule has 8 heteroatoms. The summed E-state index contributed by atoms with van der Waals surface area (Å²) in [5.74, 6) is -1.88. The SMILES string of the molecule is COCCN1CCN(C(=O)c2cccnc2)C(CC(=O)O)C1=O. The molecular weight excluding hydrogens is 302 g/mol. The van der Waals surface area contributed by atoms with Crippen LogP contribution in [-0.4, -0.2) is 77.1 Å². The standard InChI is InChI=1S/C15H19N3O5/c1-23-8-7-17-5-6-18(12(15(17)22)9-13(19)20)14(21)11-3-2-4-16-10-11/h2-4,10,12H,5-9H2,1H3,(H,19,20). The number of rotatable bonds is 6. The van der Waals surface area contributed by atoms with E-state index in [-0.39, 0.29) is 18.4 Å². The highest BCUT2D eigenvalue weighted by Crippen LogP contribution is 2.18. The van der Waals surface area contributed by atoms with E-state index in [2.05, 4.69) is 4.98 Å². The molecule has 1 saturated heterocycles. The third-order valence-electron chi connectivity index (χ3n) is 3.69. The number of piperazine rings is 1. The molecule has 0 saturated carbocycles. The Kier molecular flexibility index (Phi) is 5.64. The summed E-state index contributed by atoms with van der Waals surface area (Å²) in [4.78, 5) is 42.9. The molecule has 2 heterocycles. The van der Waals surface area contributed by atoms with Gasteiger partial charge in [0.15, 0.2) is 0 Å². The molecule has 2 amide bonds. The molecule has 0 aromatic carbocycles. The highest BCUT2D eigenvalue weighted by Gasteiger charge is 2.38. The number of nitrogens with zero attached hydrogens (tertiary/aromatic N) is 3. The van der Waals surface area contributed by atoms with Gasteiger partial charge in [-0.15, -0.1) is 0 Å². The van der Waals surface area contributed by atoms with Crippen LogP contribution in [0.1, 0.15) is 16.8 Å². The summed E-state index contributed by atoms with van der Waals surface area (Å²) in [7, 11) is 1.53. The molecule has 2 rings (SSSR count). The van der Waals surface area contributed by atoms with Crippen LogP contribution >= 0.6 is 0 Å². The lowest BCUT2D eigenvalue weighted by Crippen LogP contribution is -2.59. The van der Waals surface area contributed by atoms with Gasteiger partial charge in [-0.25, -0.2) is 0 Å². The fourth-order valence-corrected chi connectivity index (χ4v) is 2.52. The van der Waals surface area contributed by atoms with Crippen molar-refractivity contribution in [2.75, 3.05) is 33.4 Å². The largest absolute Gasteiger partial charge is 0.481 e. The maximum Gasteiger partial charge on any atom is 0.305 e. The van der Waals surface area contributed by atoms with E-state index in [0.29, 0.717) is 25.3 Å². The first-order valence-electron chi connectivity index (χ1n) is 7.25. The molecule has 1 unspecified atom stereocenters. The molecule has 1 aliphatic heterocycles. The van der Waals surface area contributed by atoms with Crippen molar-refractivity contribution in [3.8, 4) is 0 Å². The molecule has 0 aliphatic carbocycles. The van der Waals surface area contributed by atoms with E-state index >= 15 is 0 Å². The molecule has 1 aromatic rings. The minimum absolute atomic E-state index is 0.279. The van der Waals surface area contributed by atoms with E-state index in [1.807, 2.05) is 0 Å². The summed E-state index contributed by atoms with van der Waals surface area (Å²) in [6.45, 7) is 1.37.